The fourth-order valence-corrected chi connectivity index (χ4v) is 3.31. The molecule has 28 heavy (non-hydrogen) atoms. The van der Waals surface area contributed by atoms with Gasteiger partial charge in [-0.15, -0.1) is 0 Å². The lowest BCUT2D eigenvalue weighted by Gasteiger charge is -2.23. The maximum atomic E-state index is 12.0. The molecule has 1 aromatic rings. The van der Waals surface area contributed by atoms with Crippen molar-refractivity contribution in [2.45, 2.75) is 71.2 Å². The Morgan fingerprint density at radius 2 is 2.00 bits per heavy atom. The molecule has 2 rings (SSSR count). The number of carbonyl (C=O) groups is 2. The third-order valence-electron chi connectivity index (χ3n) is 4.64. The van der Waals surface area contributed by atoms with Gasteiger partial charge in [-0.3, -0.25) is 9.59 Å². The Hall–Kier alpha value is -2.34. The van der Waals surface area contributed by atoms with Gasteiger partial charge in [0.1, 0.15) is 17.6 Å². The first-order valence-electron chi connectivity index (χ1n) is 9.70. The highest BCUT2D eigenvalue weighted by atomic mass is 16.5. The van der Waals surface area contributed by atoms with Crippen LogP contribution in [0.5, 0.6) is 5.75 Å². The number of rotatable bonds is 4. The van der Waals surface area contributed by atoms with Crippen molar-refractivity contribution in [3.8, 4) is 5.75 Å². The summed E-state index contributed by atoms with van der Waals surface area (Å²) in [5.41, 5.74) is 2.24. The molecule has 0 radical (unpaired) electrons. The number of fused-ring (bicyclic) bond motifs is 1. The summed E-state index contributed by atoms with van der Waals surface area (Å²) in [7, 11) is 1.64. The highest BCUT2D eigenvalue weighted by molar-refractivity contribution is 5.69. The van der Waals surface area contributed by atoms with E-state index in [4.69, 9.17) is 18.9 Å². The van der Waals surface area contributed by atoms with Crippen LogP contribution in [0.15, 0.2) is 30.5 Å². The van der Waals surface area contributed by atoms with E-state index in [1.54, 1.807) is 7.11 Å². The molecule has 1 heterocycles. The third-order valence-corrected chi connectivity index (χ3v) is 4.64. The topological polar surface area (TPSA) is 71.1 Å². The summed E-state index contributed by atoms with van der Waals surface area (Å²) in [6.45, 7) is 7.39. The van der Waals surface area contributed by atoms with Crippen molar-refractivity contribution in [2.24, 2.45) is 0 Å². The molecule has 0 unspecified atom stereocenters. The Balaban J connectivity index is 2.18. The molecule has 6 nitrogen and oxygen atoms in total. The van der Waals surface area contributed by atoms with Gasteiger partial charge in [0.15, 0.2) is 0 Å². The predicted molar refractivity (Wildman–Crippen MR) is 105 cm³/mol. The molecule has 0 N–H and O–H groups in total. The molecule has 0 aliphatic carbocycles. The van der Waals surface area contributed by atoms with E-state index < -0.39 is 5.97 Å². The SMILES string of the molecule is C=C(C[C@@H]1C[C@@H](C)OC(=O)CCCCc2cc(OC)ccc2CO1)OC(C)=O. The fourth-order valence-electron chi connectivity index (χ4n) is 3.31. The van der Waals surface area contributed by atoms with Gasteiger partial charge in [-0.25, -0.2) is 0 Å². The van der Waals surface area contributed by atoms with Crippen LogP contribution in [0.2, 0.25) is 0 Å². The van der Waals surface area contributed by atoms with Gasteiger partial charge < -0.3 is 18.9 Å². The maximum Gasteiger partial charge on any atom is 0.307 e. The molecular formula is C22H30O6. The van der Waals surface area contributed by atoms with Crippen LogP contribution in [0.3, 0.4) is 0 Å². The zero-order chi connectivity index (χ0) is 20.5. The van der Waals surface area contributed by atoms with Crippen molar-refractivity contribution in [1.29, 1.82) is 0 Å². The molecule has 0 bridgehead atoms. The summed E-state index contributed by atoms with van der Waals surface area (Å²) in [5, 5.41) is 0. The summed E-state index contributed by atoms with van der Waals surface area (Å²) >= 11 is 0. The van der Waals surface area contributed by atoms with Crippen molar-refractivity contribution in [1.82, 2.24) is 0 Å². The number of esters is 2. The van der Waals surface area contributed by atoms with Crippen molar-refractivity contribution >= 4 is 11.9 Å². The second-order valence-electron chi connectivity index (χ2n) is 7.15. The van der Waals surface area contributed by atoms with E-state index in [0.29, 0.717) is 31.6 Å². The van der Waals surface area contributed by atoms with Crippen LogP contribution in [-0.2, 0) is 36.8 Å². The quantitative estimate of drug-likeness (QED) is 0.569. The number of hydrogen-bond acceptors (Lipinski definition) is 6. The van der Waals surface area contributed by atoms with Crippen molar-refractivity contribution in [2.75, 3.05) is 7.11 Å². The Morgan fingerprint density at radius 1 is 1.25 bits per heavy atom. The van der Waals surface area contributed by atoms with E-state index in [9.17, 15) is 9.59 Å². The normalized spacial score (nSPS) is 21.2. The first kappa shape index (κ1) is 22.0. The summed E-state index contributed by atoms with van der Waals surface area (Å²) in [5.74, 6) is 0.535. The molecule has 0 saturated carbocycles. The highest BCUT2D eigenvalue weighted by Crippen LogP contribution is 2.24. The zero-order valence-corrected chi connectivity index (χ0v) is 17.0. The lowest BCUT2D eigenvalue weighted by Crippen LogP contribution is -2.24. The molecule has 0 aromatic heterocycles. The minimum Gasteiger partial charge on any atom is -0.497 e. The molecule has 0 fully saturated rings. The number of cyclic esters (lactones) is 1. The molecule has 2 atom stereocenters. The lowest BCUT2D eigenvalue weighted by molar-refractivity contribution is -0.150. The second-order valence-corrected chi connectivity index (χ2v) is 7.15. The van der Waals surface area contributed by atoms with Crippen LogP contribution in [0, 0.1) is 0 Å². The van der Waals surface area contributed by atoms with Gasteiger partial charge in [0.25, 0.3) is 0 Å². The number of aryl methyl sites for hydroxylation is 1. The van der Waals surface area contributed by atoms with Crippen LogP contribution in [0.1, 0.15) is 57.1 Å². The average molecular weight is 390 g/mol. The van der Waals surface area contributed by atoms with Gasteiger partial charge in [-0.1, -0.05) is 12.6 Å². The molecule has 0 spiro atoms. The molecule has 1 aliphatic heterocycles. The van der Waals surface area contributed by atoms with Gasteiger partial charge in [-0.2, -0.15) is 0 Å². The van der Waals surface area contributed by atoms with Crippen LogP contribution in [-0.4, -0.2) is 31.3 Å². The average Bonchev–Trinajstić information content (AvgIpc) is 2.63. The van der Waals surface area contributed by atoms with Crippen LogP contribution < -0.4 is 4.74 Å². The summed E-state index contributed by atoms with van der Waals surface area (Å²) < 4.78 is 22.0. The smallest absolute Gasteiger partial charge is 0.307 e. The maximum absolute atomic E-state index is 12.0. The number of ether oxygens (including phenoxy) is 4. The van der Waals surface area contributed by atoms with Crippen molar-refractivity contribution in [3.05, 3.63) is 41.7 Å². The fraction of sp³-hybridized carbons (Fsp3) is 0.545. The van der Waals surface area contributed by atoms with E-state index in [1.165, 1.54) is 6.92 Å². The zero-order valence-electron chi connectivity index (χ0n) is 17.0. The first-order chi connectivity index (χ1) is 13.4. The molecule has 154 valence electrons. The highest BCUT2D eigenvalue weighted by Gasteiger charge is 2.21. The minimum atomic E-state index is -0.411. The molecule has 0 amide bonds. The first-order valence-corrected chi connectivity index (χ1v) is 9.70. The second kappa shape index (κ2) is 10.9. The summed E-state index contributed by atoms with van der Waals surface area (Å²) in [6, 6.07) is 5.95. The van der Waals surface area contributed by atoms with E-state index in [1.807, 2.05) is 25.1 Å². The molecule has 0 saturated heterocycles. The Bertz CT molecular complexity index is 696. The molecular weight excluding hydrogens is 360 g/mol. The number of hydrogen-bond donors (Lipinski definition) is 0. The van der Waals surface area contributed by atoms with Gasteiger partial charge in [0.2, 0.25) is 0 Å². The predicted octanol–water partition coefficient (Wildman–Crippen LogP) is 4.10. The largest absolute Gasteiger partial charge is 0.497 e. The van der Waals surface area contributed by atoms with Crippen LogP contribution in [0.4, 0.5) is 0 Å². The molecule has 1 aliphatic rings. The van der Waals surface area contributed by atoms with Gasteiger partial charge in [-0.05, 0) is 49.4 Å². The van der Waals surface area contributed by atoms with E-state index in [-0.39, 0.29) is 18.2 Å². The van der Waals surface area contributed by atoms with Crippen molar-refractivity contribution in [3.63, 3.8) is 0 Å². The monoisotopic (exact) mass is 390 g/mol. The Kier molecular flexibility index (Phi) is 8.51. The number of carbonyl (C=O) groups excluding carboxylic acids is 2. The van der Waals surface area contributed by atoms with E-state index >= 15 is 0 Å². The lowest BCUT2D eigenvalue weighted by atomic mass is 10.0. The van der Waals surface area contributed by atoms with Crippen molar-refractivity contribution < 1.29 is 28.5 Å². The standard InChI is InChI=1S/C22H30O6/c1-15(27-17(3)23)11-21-12-16(2)28-22(24)8-6-5-7-18-13-20(25-4)10-9-19(18)14-26-21/h9-10,13,16,21H,1,5-8,11-12,14H2,2-4H3/t16-,21-/m1/s1. The van der Waals surface area contributed by atoms with Crippen LogP contribution in [0.25, 0.3) is 0 Å². The molecule has 1 aromatic carbocycles. The number of benzene rings is 1. The summed E-state index contributed by atoms with van der Waals surface area (Å²) in [4.78, 5) is 23.2. The Labute approximate surface area is 166 Å². The Morgan fingerprint density at radius 3 is 2.71 bits per heavy atom. The van der Waals surface area contributed by atoms with E-state index in [2.05, 4.69) is 6.58 Å². The van der Waals surface area contributed by atoms with Gasteiger partial charge in [0, 0.05) is 26.2 Å². The van der Waals surface area contributed by atoms with Crippen LogP contribution >= 0.6 is 0 Å². The van der Waals surface area contributed by atoms with Gasteiger partial charge >= 0.3 is 11.9 Å². The molecule has 6 heteroatoms. The number of methoxy groups -OCH3 is 1. The van der Waals surface area contributed by atoms with Gasteiger partial charge in [0.05, 0.1) is 19.8 Å². The summed E-state index contributed by atoms with van der Waals surface area (Å²) in [6.07, 6.45) is 3.17. The van der Waals surface area contributed by atoms with E-state index in [0.717, 1.165) is 36.1 Å². The minimum absolute atomic E-state index is 0.199. The third kappa shape index (κ3) is 7.35.